The molecule has 28 heavy (non-hydrogen) atoms. The van der Waals surface area contributed by atoms with Gasteiger partial charge in [0.15, 0.2) is 5.13 Å². The molecule has 0 atom stereocenters. The molecule has 1 aromatic carbocycles. The summed E-state index contributed by atoms with van der Waals surface area (Å²) >= 11 is 7.07. The van der Waals surface area contributed by atoms with Crippen LogP contribution in [0.1, 0.15) is 28.0 Å². The van der Waals surface area contributed by atoms with E-state index >= 15 is 0 Å². The average molecular weight is 417 g/mol. The number of aryl methyl sites for hydroxylation is 1. The third-order valence-corrected chi connectivity index (χ3v) is 4.90. The van der Waals surface area contributed by atoms with E-state index in [0.29, 0.717) is 28.8 Å². The fraction of sp³-hybridized carbons (Fsp3) is 0.158. The van der Waals surface area contributed by atoms with Gasteiger partial charge < -0.3 is 10.3 Å². The van der Waals surface area contributed by atoms with Crippen molar-refractivity contribution in [3.63, 3.8) is 0 Å². The summed E-state index contributed by atoms with van der Waals surface area (Å²) in [5.41, 5.74) is 1.21. The Morgan fingerprint density at radius 2 is 1.96 bits per heavy atom. The van der Waals surface area contributed by atoms with Crippen molar-refractivity contribution in [2.45, 2.75) is 19.4 Å². The number of pyridine rings is 1. The maximum absolute atomic E-state index is 12.1. The Morgan fingerprint density at radius 3 is 2.71 bits per heavy atom. The molecule has 0 fully saturated rings. The second-order valence-corrected chi connectivity index (χ2v) is 7.21. The molecule has 3 aromatic rings. The number of halogens is 1. The molecule has 144 valence electrons. The molecule has 3 N–H and O–H groups in total. The van der Waals surface area contributed by atoms with E-state index in [4.69, 9.17) is 11.6 Å². The lowest BCUT2D eigenvalue weighted by Gasteiger charge is -2.05. The van der Waals surface area contributed by atoms with Crippen LogP contribution in [0.15, 0.2) is 52.8 Å². The number of anilines is 1. The summed E-state index contributed by atoms with van der Waals surface area (Å²) in [6.07, 6.45) is 2.19. The van der Waals surface area contributed by atoms with Crippen LogP contribution in [0.5, 0.6) is 0 Å². The highest BCUT2D eigenvalue weighted by Crippen LogP contribution is 2.17. The number of thiazole rings is 1. The van der Waals surface area contributed by atoms with Crippen molar-refractivity contribution in [3.8, 4) is 0 Å². The Hall–Kier alpha value is -2.97. The molecule has 0 aliphatic rings. The van der Waals surface area contributed by atoms with Crippen molar-refractivity contribution in [2.24, 2.45) is 0 Å². The van der Waals surface area contributed by atoms with Crippen molar-refractivity contribution in [1.29, 1.82) is 0 Å². The van der Waals surface area contributed by atoms with Crippen LogP contribution in [-0.4, -0.2) is 21.8 Å². The number of hydrogen-bond donors (Lipinski definition) is 3. The van der Waals surface area contributed by atoms with Gasteiger partial charge in [-0.05, 0) is 36.2 Å². The second-order valence-electron chi connectivity index (χ2n) is 5.91. The number of amides is 2. The summed E-state index contributed by atoms with van der Waals surface area (Å²) in [5.74, 6) is -0.618. The average Bonchev–Trinajstić information content (AvgIpc) is 3.13. The van der Waals surface area contributed by atoms with E-state index in [-0.39, 0.29) is 17.9 Å². The zero-order chi connectivity index (χ0) is 19.9. The van der Waals surface area contributed by atoms with E-state index in [2.05, 4.69) is 20.6 Å². The van der Waals surface area contributed by atoms with E-state index in [1.54, 1.807) is 23.6 Å². The van der Waals surface area contributed by atoms with Crippen LogP contribution in [-0.2, 0) is 17.8 Å². The van der Waals surface area contributed by atoms with Gasteiger partial charge in [0.1, 0.15) is 5.56 Å². The zero-order valence-corrected chi connectivity index (χ0v) is 16.3. The number of benzene rings is 1. The van der Waals surface area contributed by atoms with Crippen LogP contribution >= 0.6 is 22.9 Å². The summed E-state index contributed by atoms with van der Waals surface area (Å²) in [6, 6.07) is 10.3. The summed E-state index contributed by atoms with van der Waals surface area (Å²) in [6.45, 7) is 0.431. The Bertz CT molecular complexity index is 1030. The molecule has 0 saturated heterocycles. The predicted octanol–water partition coefficient (Wildman–Crippen LogP) is 2.99. The smallest absolute Gasteiger partial charge is 0.263 e. The summed E-state index contributed by atoms with van der Waals surface area (Å²) in [5, 5.41) is 8.24. The summed E-state index contributed by atoms with van der Waals surface area (Å²) in [7, 11) is 0. The third-order valence-electron chi connectivity index (χ3n) is 3.85. The molecular weight excluding hydrogens is 400 g/mol. The zero-order valence-electron chi connectivity index (χ0n) is 14.7. The Morgan fingerprint density at radius 1 is 1.18 bits per heavy atom. The lowest BCUT2D eigenvalue weighted by atomic mass is 10.2. The molecule has 3 rings (SSSR count). The number of rotatable bonds is 7. The molecule has 0 unspecified atom stereocenters. The molecule has 0 bridgehead atoms. The van der Waals surface area contributed by atoms with E-state index in [0.717, 1.165) is 5.56 Å². The number of hydrogen-bond acceptors (Lipinski definition) is 5. The Labute approximate surface area is 169 Å². The molecule has 0 spiro atoms. The van der Waals surface area contributed by atoms with E-state index in [1.165, 1.54) is 23.6 Å². The van der Waals surface area contributed by atoms with Gasteiger partial charge in [0, 0.05) is 29.6 Å². The SMILES string of the molecule is O=C(CCc1csc(NC(=O)c2ccc[nH]c2=O)n1)NCc1ccc(Cl)cc1. The number of aromatic nitrogens is 2. The van der Waals surface area contributed by atoms with Gasteiger partial charge in [0.2, 0.25) is 5.91 Å². The topological polar surface area (TPSA) is 104 Å². The second kappa shape index (κ2) is 9.29. The maximum Gasteiger partial charge on any atom is 0.263 e. The number of nitrogens with zero attached hydrogens (tertiary/aromatic N) is 1. The van der Waals surface area contributed by atoms with Crippen molar-refractivity contribution in [2.75, 3.05) is 5.32 Å². The van der Waals surface area contributed by atoms with E-state index < -0.39 is 11.5 Å². The van der Waals surface area contributed by atoms with Gasteiger partial charge in [-0.1, -0.05) is 23.7 Å². The summed E-state index contributed by atoms with van der Waals surface area (Å²) < 4.78 is 0. The fourth-order valence-corrected chi connectivity index (χ4v) is 3.24. The van der Waals surface area contributed by atoms with E-state index in [1.807, 2.05) is 12.1 Å². The number of carbonyl (C=O) groups excluding carboxylic acids is 2. The molecule has 2 aromatic heterocycles. The van der Waals surface area contributed by atoms with Gasteiger partial charge in [-0.3, -0.25) is 19.7 Å². The van der Waals surface area contributed by atoms with Crippen molar-refractivity contribution < 1.29 is 9.59 Å². The monoisotopic (exact) mass is 416 g/mol. The van der Waals surface area contributed by atoms with Crippen molar-refractivity contribution in [3.05, 3.63) is 80.2 Å². The van der Waals surface area contributed by atoms with Crippen LogP contribution < -0.4 is 16.2 Å². The van der Waals surface area contributed by atoms with Crippen molar-refractivity contribution >= 4 is 39.9 Å². The van der Waals surface area contributed by atoms with Gasteiger partial charge in [-0.2, -0.15) is 0 Å². The lowest BCUT2D eigenvalue weighted by molar-refractivity contribution is -0.121. The van der Waals surface area contributed by atoms with Crippen LogP contribution in [0, 0.1) is 0 Å². The molecule has 2 amide bonds. The minimum absolute atomic E-state index is 0.0147. The van der Waals surface area contributed by atoms with Crippen LogP contribution in [0.4, 0.5) is 5.13 Å². The highest BCUT2D eigenvalue weighted by atomic mass is 35.5. The first kappa shape index (κ1) is 19.8. The van der Waals surface area contributed by atoms with Crippen LogP contribution in [0.3, 0.4) is 0 Å². The first-order valence-corrected chi connectivity index (χ1v) is 9.71. The fourth-order valence-electron chi connectivity index (χ4n) is 2.38. The first-order chi connectivity index (χ1) is 13.5. The number of H-pyrrole nitrogens is 1. The number of nitrogens with one attached hydrogen (secondary N) is 3. The van der Waals surface area contributed by atoms with Gasteiger partial charge in [-0.25, -0.2) is 4.98 Å². The molecule has 0 aliphatic carbocycles. The molecule has 9 heteroatoms. The molecule has 2 heterocycles. The van der Waals surface area contributed by atoms with Crippen LogP contribution in [0.2, 0.25) is 5.02 Å². The highest BCUT2D eigenvalue weighted by Gasteiger charge is 2.12. The minimum Gasteiger partial charge on any atom is -0.352 e. The highest BCUT2D eigenvalue weighted by molar-refractivity contribution is 7.14. The maximum atomic E-state index is 12.1. The van der Waals surface area contributed by atoms with Crippen LogP contribution in [0.25, 0.3) is 0 Å². The quantitative estimate of drug-likeness (QED) is 0.550. The molecule has 0 radical (unpaired) electrons. The molecule has 0 saturated carbocycles. The normalized spacial score (nSPS) is 10.5. The Kier molecular flexibility index (Phi) is 6.57. The van der Waals surface area contributed by atoms with Gasteiger partial charge in [0.05, 0.1) is 5.69 Å². The number of carbonyl (C=O) groups is 2. The molecular formula is C19H17ClN4O3S. The Balaban J connectivity index is 1.47. The minimum atomic E-state index is -0.525. The molecule has 7 nitrogen and oxygen atoms in total. The third kappa shape index (κ3) is 5.51. The molecule has 0 aliphatic heterocycles. The van der Waals surface area contributed by atoms with Gasteiger partial charge >= 0.3 is 0 Å². The predicted molar refractivity (Wildman–Crippen MR) is 109 cm³/mol. The summed E-state index contributed by atoms with van der Waals surface area (Å²) in [4.78, 5) is 42.5. The lowest BCUT2D eigenvalue weighted by Crippen LogP contribution is -2.23. The van der Waals surface area contributed by atoms with Gasteiger partial charge in [-0.15, -0.1) is 11.3 Å². The standard InChI is InChI=1S/C19H17ClN4O3S/c20-13-5-3-12(4-6-13)10-22-16(25)8-7-14-11-28-19(23-14)24-18(27)15-2-1-9-21-17(15)26/h1-6,9,11H,7-8,10H2,(H,21,26)(H,22,25)(H,23,24,27). The largest absolute Gasteiger partial charge is 0.352 e. The van der Waals surface area contributed by atoms with Crippen molar-refractivity contribution in [1.82, 2.24) is 15.3 Å². The number of aromatic amines is 1. The van der Waals surface area contributed by atoms with E-state index in [9.17, 15) is 14.4 Å². The van der Waals surface area contributed by atoms with Gasteiger partial charge in [0.25, 0.3) is 11.5 Å². The first-order valence-electron chi connectivity index (χ1n) is 8.46.